The number of rotatable bonds is 13. The molecule has 0 atom stereocenters. The number of fused-ring (bicyclic) bond motifs is 1. The second kappa shape index (κ2) is 14.5. The maximum Gasteiger partial charge on any atom is 0.251 e. The Kier molecular flexibility index (Phi) is 10.3. The number of hydrogen-bond donors (Lipinski definition) is 1. The van der Waals surface area contributed by atoms with Crippen molar-refractivity contribution >= 4 is 23.2 Å². The molecule has 0 fully saturated rings. The quantitative estimate of drug-likeness (QED) is 0.133. The molecule has 238 valence electrons. The topological polar surface area (TPSA) is 73.2 Å². The lowest BCUT2D eigenvalue weighted by atomic mass is 9.94. The van der Waals surface area contributed by atoms with Crippen LogP contribution in [0.4, 0.5) is 4.39 Å². The Hall–Kier alpha value is -4.78. The number of nitrogens with one attached hydrogen (secondary N) is 1. The number of halogens is 1. The number of carbonyl (C=O) groups excluding carboxylic acids is 2. The molecular formula is C39H42FN3O3. The van der Waals surface area contributed by atoms with Gasteiger partial charge in [0, 0.05) is 34.8 Å². The van der Waals surface area contributed by atoms with Crippen LogP contribution in [0.5, 0.6) is 5.75 Å². The number of imidazole rings is 1. The van der Waals surface area contributed by atoms with Gasteiger partial charge in [0.15, 0.2) is 0 Å². The maximum absolute atomic E-state index is 16.0. The number of carbonyl (C=O) groups is 2. The third-order valence-electron chi connectivity index (χ3n) is 8.23. The Morgan fingerprint density at radius 2 is 1.70 bits per heavy atom. The predicted octanol–water partition coefficient (Wildman–Crippen LogP) is 9.49. The number of benzene rings is 4. The smallest absolute Gasteiger partial charge is 0.251 e. The zero-order valence-corrected chi connectivity index (χ0v) is 27.3. The summed E-state index contributed by atoms with van der Waals surface area (Å²) in [4.78, 5) is 29.6. The molecule has 7 heteroatoms. The molecule has 1 heterocycles. The van der Waals surface area contributed by atoms with E-state index in [2.05, 4.69) is 23.7 Å². The monoisotopic (exact) mass is 619 g/mol. The van der Waals surface area contributed by atoms with E-state index in [1.807, 2.05) is 63.2 Å². The van der Waals surface area contributed by atoms with Gasteiger partial charge in [-0.2, -0.15) is 0 Å². The van der Waals surface area contributed by atoms with Crippen molar-refractivity contribution in [1.82, 2.24) is 14.9 Å². The molecule has 4 aromatic carbocycles. The van der Waals surface area contributed by atoms with Gasteiger partial charge in [0.1, 0.15) is 30.3 Å². The highest BCUT2D eigenvalue weighted by molar-refractivity contribution is 5.97. The predicted molar refractivity (Wildman–Crippen MR) is 183 cm³/mol. The van der Waals surface area contributed by atoms with E-state index in [0.29, 0.717) is 33.8 Å². The van der Waals surface area contributed by atoms with Crippen molar-refractivity contribution in [3.8, 4) is 28.3 Å². The van der Waals surface area contributed by atoms with Crippen molar-refractivity contribution in [2.75, 3.05) is 0 Å². The molecular weight excluding hydrogens is 577 g/mol. The minimum Gasteiger partial charge on any atom is -0.489 e. The third-order valence-corrected chi connectivity index (χ3v) is 8.23. The molecule has 1 amide bonds. The fraction of sp³-hybridized carbons (Fsp3) is 0.308. The van der Waals surface area contributed by atoms with Crippen LogP contribution in [0.25, 0.3) is 33.5 Å². The van der Waals surface area contributed by atoms with Crippen molar-refractivity contribution in [3.05, 3.63) is 107 Å². The van der Waals surface area contributed by atoms with Crippen LogP contribution in [0, 0.1) is 12.7 Å². The molecule has 5 aromatic rings. The summed E-state index contributed by atoms with van der Waals surface area (Å²) in [6.45, 7) is 10.2. The molecule has 6 nitrogen and oxygen atoms in total. The lowest BCUT2D eigenvalue weighted by Gasteiger charge is -2.21. The van der Waals surface area contributed by atoms with Gasteiger partial charge in [-0.05, 0) is 81.1 Å². The van der Waals surface area contributed by atoms with E-state index in [0.717, 1.165) is 59.7 Å². The van der Waals surface area contributed by atoms with Crippen LogP contribution in [0.2, 0.25) is 0 Å². The van der Waals surface area contributed by atoms with Gasteiger partial charge in [-0.1, -0.05) is 68.7 Å². The average molecular weight is 620 g/mol. The van der Waals surface area contributed by atoms with Crippen molar-refractivity contribution in [3.63, 3.8) is 0 Å². The van der Waals surface area contributed by atoms with Gasteiger partial charge >= 0.3 is 0 Å². The van der Waals surface area contributed by atoms with Gasteiger partial charge in [-0.25, -0.2) is 9.37 Å². The summed E-state index contributed by atoms with van der Waals surface area (Å²) in [6.07, 6.45) is 4.62. The van der Waals surface area contributed by atoms with E-state index in [1.165, 1.54) is 6.07 Å². The Morgan fingerprint density at radius 3 is 2.35 bits per heavy atom. The second-order valence-corrected chi connectivity index (χ2v) is 12.2. The molecule has 0 saturated heterocycles. The van der Waals surface area contributed by atoms with E-state index in [-0.39, 0.29) is 24.6 Å². The molecule has 0 spiro atoms. The molecule has 5 rings (SSSR count). The molecule has 0 unspecified atom stereocenters. The molecule has 0 aliphatic heterocycles. The van der Waals surface area contributed by atoms with Crippen LogP contribution in [-0.4, -0.2) is 27.8 Å². The highest BCUT2D eigenvalue weighted by Crippen LogP contribution is 2.36. The van der Waals surface area contributed by atoms with Crippen LogP contribution >= 0.6 is 0 Å². The van der Waals surface area contributed by atoms with Crippen LogP contribution in [0.15, 0.2) is 78.9 Å². The first-order valence-corrected chi connectivity index (χ1v) is 16.1. The van der Waals surface area contributed by atoms with Gasteiger partial charge < -0.3 is 14.6 Å². The molecule has 0 aliphatic carbocycles. The minimum atomic E-state index is -0.457. The van der Waals surface area contributed by atoms with E-state index in [9.17, 15) is 9.59 Å². The second-order valence-electron chi connectivity index (χ2n) is 12.2. The molecule has 0 bridgehead atoms. The lowest BCUT2D eigenvalue weighted by molar-refractivity contribution is 0.0940. The summed E-state index contributed by atoms with van der Waals surface area (Å²) >= 11 is 0. The highest BCUT2D eigenvalue weighted by atomic mass is 19.1. The summed E-state index contributed by atoms with van der Waals surface area (Å²) < 4.78 is 24.4. The molecule has 0 saturated carbocycles. The van der Waals surface area contributed by atoms with E-state index in [1.54, 1.807) is 30.3 Å². The number of aldehydes is 1. The summed E-state index contributed by atoms with van der Waals surface area (Å²) in [5.41, 5.74) is 6.68. The van der Waals surface area contributed by atoms with Crippen LogP contribution in [0.1, 0.15) is 91.3 Å². The third kappa shape index (κ3) is 7.04. The molecule has 0 aliphatic rings. The Bertz CT molecular complexity index is 1840. The van der Waals surface area contributed by atoms with Crippen molar-refractivity contribution in [1.29, 1.82) is 0 Å². The van der Waals surface area contributed by atoms with Crippen molar-refractivity contribution in [2.45, 2.75) is 79.0 Å². The largest absolute Gasteiger partial charge is 0.489 e. The van der Waals surface area contributed by atoms with Gasteiger partial charge in [-0.15, -0.1) is 0 Å². The van der Waals surface area contributed by atoms with E-state index < -0.39 is 5.82 Å². The zero-order valence-electron chi connectivity index (χ0n) is 27.3. The molecule has 46 heavy (non-hydrogen) atoms. The maximum atomic E-state index is 16.0. The van der Waals surface area contributed by atoms with E-state index >= 15 is 4.39 Å². The van der Waals surface area contributed by atoms with Gasteiger partial charge in [0.2, 0.25) is 0 Å². The van der Waals surface area contributed by atoms with Crippen LogP contribution < -0.4 is 10.1 Å². The zero-order chi connectivity index (χ0) is 32.8. The Labute approximate surface area is 270 Å². The lowest BCUT2D eigenvalue weighted by Crippen LogP contribution is -2.31. The fourth-order valence-corrected chi connectivity index (χ4v) is 6.04. The van der Waals surface area contributed by atoms with Crippen LogP contribution in [-0.2, 0) is 6.61 Å². The fourth-order valence-electron chi connectivity index (χ4n) is 6.04. The van der Waals surface area contributed by atoms with Crippen LogP contribution in [0.3, 0.4) is 0 Å². The summed E-state index contributed by atoms with van der Waals surface area (Å²) in [6, 6.07) is 24.1. The Morgan fingerprint density at radius 1 is 0.957 bits per heavy atom. The first-order chi connectivity index (χ1) is 22.2. The summed E-state index contributed by atoms with van der Waals surface area (Å²) in [7, 11) is 0. The molecule has 1 aromatic heterocycles. The van der Waals surface area contributed by atoms with Gasteiger partial charge in [-0.3, -0.25) is 9.59 Å². The first kappa shape index (κ1) is 32.6. The summed E-state index contributed by atoms with van der Waals surface area (Å²) in [5, 5.41) is 2.99. The normalized spacial score (nSPS) is 11.4. The van der Waals surface area contributed by atoms with Gasteiger partial charge in [0.05, 0.1) is 16.6 Å². The number of hydrogen-bond acceptors (Lipinski definition) is 4. The van der Waals surface area contributed by atoms with E-state index in [4.69, 9.17) is 9.72 Å². The standard InChI is InChI=1S/C39H42FN3O3/c1-6-9-29(10-7-2)43-37-20-15-27(23-44)21-36(37)42-38(43)33-19-18-30(22-35(33)40)46-24-34-31(28-16-13-26(5)14-17-28)11-8-12-32(34)39(45)41-25(3)4/h8,11-23,25,29H,6-7,9-10,24H2,1-5H3,(H,41,45). The first-order valence-electron chi connectivity index (χ1n) is 16.1. The average Bonchev–Trinajstić information content (AvgIpc) is 3.41. The Balaban J connectivity index is 1.52. The van der Waals surface area contributed by atoms with Crippen molar-refractivity contribution in [2.24, 2.45) is 0 Å². The highest BCUT2D eigenvalue weighted by Gasteiger charge is 2.23. The number of amides is 1. The number of nitrogens with zero attached hydrogens (tertiary/aromatic N) is 2. The SMILES string of the molecule is CCCC(CCC)n1c(-c2ccc(OCc3c(C(=O)NC(C)C)cccc3-c3ccc(C)cc3)cc2F)nc2cc(C=O)ccc21. The number of aromatic nitrogens is 2. The molecule has 1 N–H and O–H groups in total. The number of ether oxygens (including phenoxy) is 1. The van der Waals surface area contributed by atoms with Gasteiger partial charge in [0.25, 0.3) is 5.91 Å². The minimum absolute atomic E-state index is 0.0329. The molecule has 0 radical (unpaired) electrons. The summed E-state index contributed by atoms with van der Waals surface area (Å²) in [5.74, 6) is 0.238. The van der Waals surface area contributed by atoms with Crippen molar-refractivity contribution < 1.29 is 18.7 Å². The number of aryl methyl sites for hydroxylation is 1.